The molecule has 2 aromatic carbocycles. The van der Waals surface area contributed by atoms with Crippen LogP contribution in [0.25, 0.3) is 0 Å². The SMILES string of the molecule is CC(C)Oc1ccc(CNC(=O)CCCOc2ccccc2)cc1. The van der Waals surface area contributed by atoms with Gasteiger partial charge in [0.2, 0.25) is 5.91 Å². The zero-order valence-electron chi connectivity index (χ0n) is 14.3. The lowest BCUT2D eigenvalue weighted by atomic mass is 10.2. The third kappa shape index (κ3) is 6.73. The maximum atomic E-state index is 11.8. The molecule has 0 saturated carbocycles. The van der Waals surface area contributed by atoms with Crippen molar-refractivity contribution in [2.45, 2.75) is 39.3 Å². The summed E-state index contributed by atoms with van der Waals surface area (Å²) in [5.41, 5.74) is 1.06. The summed E-state index contributed by atoms with van der Waals surface area (Å²) in [7, 11) is 0. The van der Waals surface area contributed by atoms with Gasteiger partial charge in [0.15, 0.2) is 0 Å². The molecule has 2 aromatic rings. The Kier molecular flexibility index (Phi) is 7.15. The molecule has 2 rings (SSSR count). The van der Waals surface area contributed by atoms with Gasteiger partial charge >= 0.3 is 0 Å². The van der Waals surface area contributed by atoms with Gasteiger partial charge in [-0.3, -0.25) is 4.79 Å². The quantitative estimate of drug-likeness (QED) is 0.709. The Morgan fingerprint density at radius 1 is 1.00 bits per heavy atom. The van der Waals surface area contributed by atoms with Crippen LogP contribution in [0.15, 0.2) is 54.6 Å². The molecule has 0 aromatic heterocycles. The molecule has 0 radical (unpaired) electrons. The van der Waals surface area contributed by atoms with Gasteiger partial charge < -0.3 is 14.8 Å². The van der Waals surface area contributed by atoms with Gasteiger partial charge in [0, 0.05) is 13.0 Å². The first-order valence-corrected chi connectivity index (χ1v) is 8.33. The lowest BCUT2D eigenvalue weighted by molar-refractivity contribution is -0.121. The molecular formula is C20H25NO3. The molecule has 0 aliphatic rings. The number of amides is 1. The first kappa shape index (κ1) is 17.9. The fourth-order valence-electron chi connectivity index (χ4n) is 2.19. The summed E-state index contributed by atoms with van der Waals surface area (Å²) in [6.45, 7) is 5.06. The van der Waals surface area contributed by atoms with Crippen molar-refractivity contribution < 1.29 is 14.3 Å². The van der Waals surface area contributed by atoms with Crippen molar-refractivity contribution >= 4 is 5.91 Å². The van der Waals surface area contributed by atoms with E-state index in [1.807, 2.05) is 68.4 Å². The van der Waals surface area contributed by atoms with E-state index in [4.69, 9.17) is 9.47 Å². The second-order valence-electron chi connectivity index (χ2n) is 5.85. The standard InChI is InChI=1S/C20H25NO3/c1-16(2)24-19-12-10-17(11-13-19)15-21-20(22)9-6-14-23-18-7-4-3-5-8-18/h3-5,7-8,10-13,16H,6,9,14-15H2,1-2H3,(H,21,22). The minimum Gasteiger partial charge on any atom is -0.494 e. The summed E-state index contributed by atoms with van der Waals surface area (Å²) in [6, 6.07) is 17.4. The van der Waals surface area contributed by atoms with E-state index in [0.717, 1.165) is 17.1 Å². The summed E-state index contributed by atoms with van der Waals surface area (Å²) in [4.78, 5) is 11.8. The van der Waals surface area contributed by atoms with E-state index in [2.05, 4.69) is 5.32 Å². The van der Waals surface area contributed by atoms with Crippen LogP contribution in [0.1, 0.15) is 32.3 Å². The highest BCUT2D eigenvalue weighted by atomic mass is 16.5. The first-order valence-electron chi connectivity index (χ1n) is 8.33. The Bertz CT molecular complexity index is 609. The highest BCUT2D eigenvalue weighted by molar-refractivity contribution is 5.75. The average Bonchev–Trinajstić information content (AvgIpc) is 2.58. The Balaban J connectivity index is 1.62. The Labute approximate surface area is 143 Å². The van der Waals surface area contributed by atoms with E-state index in [0.29, 0.717) is 26.0 Å². The van der Waals surface area contributed by atoms with Gasteiger partial charge in [-0.25, -0.2) is 0 Å². The van der Waals surface area contributed by atoms with Gasteiger partial charge in [-0.15, -0.1) is 0 Å². The molecule has 0 atom stereocenters. The van der Waals surface area contributed by atoms with Crippen LogP contribution >= 0.6 is 0 Å². The molecule has 4 heteroatoms. The summed E-state index contributed by atoms with van der Waals surface area (Å²) in [6.07, 6.45) is 1.32. The molecule has 0 heterocycles. The van der Waals surface area contributed by atoms with Gasteiger partial charge in [-0.2, -0.15) is 0 Å². The fourth-order valence-corrected chi connectivity index (χ4v) is 2.19. The summed E-state index contributed by atoms with van der Waals surface area (Å²) < 4.78 is 11.2. The molecule has 0 aliphatic carbocycles. The van der Waals surface area contributed by atoms with E-state index in [1.54, 1.807) is 0 Å². The molecular weight excluding hydrogens is 302 g/mol. The number of para-hydroxylation sites is 1. The monoisotopic (exact) mass is 327 g/mol. The second kappa shape index (κ2) is 9.60. The van der Waals surface area contributed by atoms with Gasteiger partial charge in [0.1, 0.15) is 11.5 Å². The predicted molar refractivity (Wildman–Crippen MR) is 95.2 cm³/mol. The molecule has 0 fully saturated rings. The molecule has 0 unspecified atom stereocenters. The van der Waals surface area contributed by atoms with E-state index in [9.17, 15) is 4.79 Å². The van der Waals surface area contributed by atoms with Crippen LogP contribution in [0.5, 0.6) is 11.5 Å². The molecule has 24 heavy (non-hydrogen) atoms. The number of carbonyl (C=O) groups is 1. The third-order valence-corrected chi connectivity index (χ3v) is 3.34. The van der Waals surface area contributed by atoms with Crippen molar-refractivity contribution in [2.75, 3.05) is 6.61 Å². The van der Waals surface area contributed by atoms with E-state index in [-0.39, 0.29) is 12.0 Å². The van der Waals surface area contributed by atoms with Crippen LogP contribution in [-0.2, 0) is 11.3 Å². The van der Waals surface area contributed by atoms with Crippen molar-refractivity contribution in [2.24, 2.45) is 0 Å². The Morgan fingerprint density at radius 3 is 2.38 bits per heavy atom. The molecule has 0 spiro atoms. The predicted octanol–water partition coefficient (Wildman–Crippen LogP) is 3.95. The first-order chi connectivity index (χ1) is 11.6. The number of rotatable bonds is 9. The van der Waals surface area contributed by atoms with Crippen molar-refractivity contribution in [1.82, 2.24) is 5.32 Å². The van der Waals surface area contributed by atoms with Crippen LogP contribution in [0.2, 0.25) is 0 Å². The molecule has 1 N–H and O–H groups in total. The van der Waals surface area contributed by atoms with Gasteiger partial charge in [-0.05, 0) is 50.1 Å². The lowest BCUT2D eigenvalue weighted by Crippen LogP contribution is -2.22. The highest BCUT2D eigenvalue weighted by Crippen LogP contribution is 2.13. The maximum absolute atomic E-state index is 11.8. The number of nitrogens with one attached hydrogen (secondary N) is 1. The van der Waals surface area contributed by atoms with Crippen molar-refractivity contribution in [1.29, 1.82) is 0 Å². The van der Waals surface area contributed by atoms with Crippen LogP contribution in [0.4, 0.5) is 0 Å². The third-order valence-electron chi connectivity index (χ3n) is 3.34. The number of hydrogen-bond donors (Lipinski definition) is 1. The number of hydrogen-bond acceptors (Lipinski definition) is 3. The summed E-state index contributed by atoms with van der Waals surface area (Å²) in [5, 5.41) is 2.92. The van der Waals surface area contributed by atoms with Crippen LogP contribution in [0, 0.1) is 0 Å². The van der Waals surface area contributed by atoms with E-state index >= 15 is 0 Å². The maximum Gasteiger partial charge on any atom is 0.220 e. The van der Waals surface area contributed by atoms with Crippen molar-refractivity contribution in [3.8, 4) is 11.5 Å². The number of carbonyl (C=O) groups excluding carboxylic acids is 1. The zero-order chi connectivity index (χ0) is 17.2. The molecule has 0 saturated heterocycles. The topological polar surface area (TPSA) is 47.6 Å². The van der Waals surface area contributed by atoms with Gasteiger partial charge in [-0.1, -0.05) is 30.3 Å². The van der Waals surface area contributed by atoms with Crippen LogP contribution < -0.4 is 14.8 Å². The molecule has 128 valence electrons. The average molecular weight is 327 g/mol. The molecule has 4 nitrogen and oxygen atoms in total. The molecule has 0 bridgehead atoms. The van der Waals surface area contributed by atoms with Crippen molar-refractivity contribution in [3.63, 3.8) is 0 Å². The minimum atomic E-state index is 0.0363. The van der Waals surface area contributed by atoms with Crippen molar-refractivity contribution in [3.05, 3.63) is 60.2 Å². The second-order valence-corrected chi connectivity index (χ2v) is 5.85. The molecule has 0 aliphatic heterocycles. The normalized spacial score (nSPS) is 10.5. The Morgan fingerprint density at radius 2 is 1.71 bits per heavy atom. The Hall–Kier alpha value is -2.49. The van der Waals surface area contributed by atoms with Crippen LogP contribution in [0.3, 0.4) is 0 Å². The van der Waals surface area contributed by atoms with Gasteiger partial charge in [0.25, 0.3) is 0 Å². The summed E-state index contributed by atoms with van der Waals surface area (Å²) in [5.74, 6) is 1.72. The zero-order valence-corrected chi connectivity index (χ0v) is 14.3. The summed E-state index contributed by atoms with van der Waals surface area (Å²) >= 11 is 0. The highest BCUT2D eigenvalue weighted by Gasteiger charge is 2.03. The largest absolute Gasteiger partial charge is 0.494 e. The van der Waals surface area contributed by atoms with Crippen LogP contribution in [-0.4, -0.2) is 18.6 Å². The molecule has 1 amide bonds. The minimum absolute atomic E-state index is 0.0363. The van der Waals surface area contributed by atoms with Gasteiger partial charge in [0.05, 0.1) is 12.7 Å². The number of ether oxygens (including phenoxy) is 2. The lowest BCUT2D eigenvalue weighted by Gasteiger charge is -2.10. The smallest absolute Gasteiger partial charge is 0.220 e. The van der Waals surface area contributed by atoms with E-state index < -0.39 is 0 Å². The van der Waals surface area contributed by atoms with E-state index in [1.165, 1.54) is 0 Å². The number of benzene rings is 2. The fraction of sp³-hybridized carbons (Fsp3) is 0.350.